The molecule has 154 valence electrons. The molecular formula is C21H23F3N4O. The van der Waals surface area contributed by atoms with Gasteiger partial charge in [-0.25, -0.2) is 0 Å². The third-order valence-corrected chi connectivity index (χ3v) is 5.42. The number of fused-ring (bicyclic) bond motifs is 1. The van der Waals surface area contributed by atoms with E-state index in [2.05, 4.69) is 27.0 Å². The van der Waals surface area contributed by atoms with Crippen LogP contribution in [0, 0.1) is 5.92 Å². The van der Waals surface area contributed by atoms with Gasteiger partial charge in [0, 0.05) is 18.3 Å². The molecule has 1 atom stereocenters. The van der Waals surface area contributed by atoms with Gasteiger partial charge in [-0.05, 0) is 68.7 Å². The summed E-state index contributed by atoms with van der Waals surface area (Å²) in [5, 5.41) is 3.37. The van der Waals surface area contributed by atoms with Crippen molar-refractivity contribution in [2.24, 2.45) is 15.9 Å². The summed E-state index contributed by atoms with van der Waals surface area (Å²) >= 11 is 0. The summed E-state index contributed by atoms with van der Waals surface area (Å²) < 4.78 is 41.6. The Morgan fingerprint density at radius 2 is 2.03 bits per heavy atom. The van der Waals surface area contributed by atoms with Crippen molar-refractivity contribution >= 4 is 17.1 Å². The second-order valence-corrected chi connectivity index (χ2v) is 7.60. The lowest BCUT2D eigenvalue weighted by atomic mass is 9.95. The first kappa shape index (κ1) is 19.7. The van der Waals surface area contributed by atoms with Crippen LogP contribution in [-0.2, 0) is 0 Å². The van der Waals surface area contributed by atoms with Gasteiger partial charge >= 0.3 is 6.36 Å². The standard InChI is InChI=1S/C21H23F3N4O/c1-28-9-7-14(8-10-28)12-26-19-6-5-18-20(27-19)17(13-25-18)15-3-2-4-16(11-15)29-21(22,23)24/h2-6,11,13-14,20H,7-10,12H2,1H3,(H,26,27). The molecule has 1 aromatic carbocycles. The predicted molar refractivity (Wildman–Crippen MR) is 107 cm³/mol. The van der Waals surface area contributed by atoms with E-state index in [4.69, 9.17) is 4.99 Å². The molecule has 29 heavy (non-hydrogen) atoms. The van der Waals surface area contributed by atoms with Crippen LogP contribution >= 0.6 is 0 Å². The largest absolute Gasteiger partial charge is 0.573 e. The molecule has 3 aliphatic heterocycles. The number of aliphatic imine (C=N–C) groups is 2. The molecule has 3 heterocycles. The van der Waals surface area contributed by atoms with Crippen LogP contribution in [0.2, 0.25) is 0 Å². The Hall–Kier alpha value is -2.61. The van der Waals surface area contributed by atoms with Gasteiger partial charge in [0.05, 0.1) is 11.8 Å². The quantitative estimate of drug-likeness (QED) is 0.834. The summed E-state index contributed by atoms with van der Waals surface area (Å²) in [5.74, 6) is 1.12. The molecule has 0 amide bonds. The van der Waals surface area contributed by atoms with E-state index in [-0.39, 0.29) is 11.8 Å². The highest BCUT2D eigenvalue weighted by Gasteiger charge is 2.32. The number of halogens is 3. The molecule has 0 saturated carbocycles. The van der Waals surface area contributed by atoms with Gasteiger partial charge in [-0.2, -0.15) is 0 Å². The van der Waals surface area contributed by atoms with E-state index < -0.39 is 6.36 Å². The van der Waals surface area contributed by atoms with Crippen molar-refractivity contribution in [1.82, 2.24) is 10.2 Å². The summed E-state index contributed by atoms with van der Waals surface area (Å²) in [7, 11) is 2.14. The molecule has 8 heteroatoms. The molecule has 0 aromatic heterocycles. The van der Waals surface area contributed by atoms with Gasteiger partial charge in [-0.3, -0.25) is 9.98 Å². The van der Waals surface area contributed by atoms with Crippen molar-refractivity contribution in [3.63, 3.8) is 0 Å². The van der Waals surface area contributed by atoms with Gasteiger partial charge in [0.25, 0.3) is 0 Å². The molecule has 0 bridgehead atoms. The topological polar surface area (TPSA) is 49.2 Å². The zero-order valence-corrected chi connectivity index (χ0v) is 16.1. The molecule has 4 rings (SSSR count). The normalized spacial score (nSPS) is 24.1. The van der Waals surface area contributed by atoms with Crippen LogP contribution in [0.5, 0.6) is 5.75 Å². The number of hydrogen-bond acceptors (Lipinski definition) is 4. The molecular weight excluding hydrogens is 381 g/mol. The summed E-state index contributed by atoms with van der Waals surface area (Å²) in [6.07, 6.45) is 3.07. The van der Waals surface area contributed by atoms with Crippen LogP contribution in [0.3, 0.4) is 0 Å². The van der Waals surface area contributed by atoms with E-state index >= 15 is 0 Å². The number of rotatable bonds is 4. The first-order valence-electron chi connectivity index (χ1n) is 9.69. The number of nitrogens with one attached hydrogen (secondary N) is 1. The van der Waals surface area contributed by atoms with Gasteiger partial charge in [-0.15, -0.1) is 13.2 Å². The lowest BCUT2D eigenvalue weighted by molar-refractivity contribution is -0.274. The minimum absolute atomic E-state index is 0.225. The number of piperidine rings is 1. The minimum Gasteiger partial charge on any atom is -0.406 e. The lowest BCUT2D eigenvalue weighted by Crippen LogP contribution is -2.42. The molecule has 0 spiro atoms. The second-order valence-electron chi connectivity index (χ2n) is 7.60. The number of hydrogen-bond donors (Lipinski definition) is 1. The van der Waals surface area contributed by atoms with Crippen LogP contribution < -0.4 is 10.1 Å². The van der Waals surface area contributed by atoms with Gasteiger partial charge in [0.2, 0.25) is 0 Å². The molecule has 1 saturated heterocycles. The van der Waals surface area contributed by atoms with Crippen molar-refractivity contribution in [2.75, 3.05) is 26.7 Å². The highest BCUT2D eigenvalue weighted by Crippen LogP contribution is 2.30. The predicted octanol–water partition coefficient (Wildman–Crippen LogP) is 3.65. The zero-order chi connectivity index (χ0) is 20.4. The number of alkyl halides is 3. The Bertz CT molecular complexity index is 880. The van der Waals surface area contributed by atoms with Gasteiger partial charge in [0.15, 0.2) is 0 Å². The third kappa shape index (κ3) is 4.87. The highest BCUT2D eigenvalue weighted by atomic mass is 19.4. The van der Waals surface area contributed by atoms with Gasteiger partial charge in [-0.1, -0.05) is 12.1 Å². The number of amidine groups is 1. The fraction of sp³-hybridized carbons (Fsp3) is 0.429. The molecule has 3 aliphatic rings. The molecule has 0 radical (unpaired) electrons. The van der Waals surface area contributed by atoms with Crippen LogP contribution in [0.15, 0.2) is 52.6 Å². The van der Waals surface area contributed by atoms with E-state index in [1.54, 1.807) is 18.3 Å². The van der Waals surface area contributed by atoms with Crippen LogP contribution in [0.1, 0.15) is 18.4 Å². The smallest absolute Gasteiger partial charge is 0.406 e. The van der Waals surface area contributed by atoms with E-state index in [1.165, 1.54) is 12.1 Å². The fourth-order valence-electron chi connectivity index (χ4n) is 3.79. The SMILES string of the molecule is CN1CCC(CN=C2C=CC3=NC=C(c4cccc(OC(F)(F)F)c4)C3N2)CC1. The molecule has 1 unspecified atom stereocenters. The Morgan fingerprint density at radius 1 is 1.24 bits per heavy atom. The maximum absolute atomic E-state index is 12.5. The summed E-state index contributed by atoms with van der Waals surface area (Å²) in [6, 6.07) is 5.74. The molecule has 5 nitrogen and oxygen atoms in total. The molecule has 0 aliphatic carbocycles. The fourth-order valence-corrected chi connectivity index (χ4v) is 3.79. The molecule has 1 fully saturated rings. The van der Waals surface area contributed by atoms with E-state index in [9.17, 15) is 13.2 Å². The minimum atomic E-state index is -4.72. The summed E-state index contributed by atoms with van der Waals surface area (Å²) in [5.41, 5.74) is 2.25. The summed E-state index contributed by atoms with van der Waals surface area (Å²) in [6.45, 7) is 2.97. The van der Waals surface area contributed by atoms with Crippen molar-refractivity contribution in [3.8, 4) is 5.75 Å². The number of ether oxygens (including phenoxy) is 1. The Balaban J connectivity index is 1.44. The van der Waals surface area contributed by atoms with Gasteiger partial charge < -0.3 is 15.0 Å². The first-order chi connectivity index (χ1) is 13.9. The summed E-state index contributed by atoms with van der Waals surface area (Å²) in [4.78, 5) is 11.5. The van der Waals surface area contributed by atoms with Crippen molar-refractivity contribution in [3.05, 3.63) is 48.2 Å². The maximum Gasteiger partial charge on any atom is 0.573 e. The van der Waals surface area contributed by atoms with Crippen LogP contribution in [0.4, 0.5) is 13.2 Å². The zero-order valence-electron chi connectivity index (χ0n) is 16.1. The van der Waals surface area contributed by atoms with Crippen LogP contribution in [0.25, 0.3) is 5.57 Å². The average Bonchev–Trinajstić information content (AvgIpc) is 3.10. The highest BCUT2D eigenvalue weighted by molar-refractivity contribution is 6.18. The van der Waals surface area contributed by atoms with Crippen molar-refractivity contribution in [1.29, 1.82) is 0 Å². The monoisotopic (exact) mass is 404 g/mol. The van der Waals surface area contributed by atoms with Crippen molar-refractivity contribution in [2.45, 2.75) is 25.2 Å². The second kappa shape index (κ2) is 8.02. The Kier molecular flexibility index (Phi) is 5.45. The number of likely N-dealkylation sites (tertiary alicyclic amines) is 1. The molecule has 1 aromatic rings. The Morgan fingerprint density at radius 3 is 2.79 bits per heavy atom. The molecule has 1 N–H and O–H groups in total. The maximum atomic E-state index is 12.5. The Labute approximate surface area is 167 Å². The third-order valence-electron chi connectivity index (χ3n) is 5.42. The average molecular weight is 404 g/mol. The van der Waals surface area contributed by atoms with E-state index in [0.29, 0.717) is 11.5 Å². The van der Waals surface area contributed by atoms with E-state index in [0.717, 1.165) is 49.6 Å². The number of nitrogens with zero attached hydrogens (tertiary/aromatic N) is 3. The lowest BCUT2D eigenvalue weighted by Gasteiger charge is -2.28. The van der Waals surface area contributed by atoms with E-state index in [1.807, 2.05) is 12.2 Å². The van der Waals surface area contributed by atoms with Crippen LogP contribution in [-0.4, -0.2) is 55.5 Å². The first-order valence-corrected chi connectivity index (χ1v) is 9.69. The van der Waals surface area contributed by atoms with Crippen molar-refractivity contribution < 1.29 is 17.9 Å². The van der Waals surface area contributed by atoms with Gasteiger partial charge in [0.1, 0.15) is 11.6 Å². The number of benzene rings is 1.